The fourth-order valence-electron chi connectivity index (χ4n) is 2.57. The van der Waals surface area contributed by atoms with Crippen molar-refractivity contribution in [2.75, 3.05) is 6.26 Å². The summed E-state index contributed by atoms with van der Waals surface area (Å²) in [5, 5.41) is 3.79. The fraction of sp³-hybridized carbons (Fsp3) is 0.467. The van der Waals surface area contributed by atoms with Gasteiger partial charge in [-0.1, -0.05) is 30.8 Å². The Morgan fingerprint density at radius 2 is 2.15 bits per heavy atom. The second kappa shape index (κ2) is 7.09. The lowest BCUT2D eigenvalue weighted by atomic mass is 9.94. The summed E-state index contributed by atoms with van der Waals surface area (Å²) >= 11 is 6.84. The molecule has 2 atom stereocenters. The molecule has 0 aliphatic heterocycles. The molecular formula is C15H20N2OS2. The van der Waals surface area contributed by atoms with Crippen molar-refractivity contribution in [2.24, 2.45) is 5.73 Å². The Hall–Kier alpha value is -1.07. The molecular weight excluding hydrogens is 288 g/mol. The molecule has 0 aromatic heterocycles. The number of carbonyl (C=O) groups excluding carboxylic acids is 1. The van der Waals surface area contributed by atoms with Crippen LogP contribution in [0, 0.1) is 0 Å². The largest absolute Gasteiger partial charge is 0.389 e. The van der Waals surface area contributed by atoms with E-state index in [9.17, 15) is 4.79 Å². The lowest BCUT2D eigenvalue weighted by molar-refractivity contribution is 0.0928. The first-order chi connectivity index (χ1) is 9.60. The van der Waals surface area contributed by atoms with E-state index in [0.29, 0.717) is 15.8 Å². The van der Waals surface area contributed by atoms with Crippen molar-refractivity contribution in [3.05, 3.63) is 35.4 Å². The van der Waals surface area contributed by atoms with Gasteiger partial charge in [-0.2, -0.15) is 11.8 Å². The van der Waals surface area contributed by atoms with E-state index in [4.69, 9.17) is 18.0 Å². The summed E-state index contributed by atoms with van der Waals surface area (Å²) in [5.74, 6) is -0.0325. The molecule has 3 N–H and O–H groups in total. The third kappa shape index (κ3) is 3.96. The van der Waals surface area contributed by atoms with Crippen LogP contribution in [0.4, 0.5) is 0 Å². The number of rotatable bonds is 4. The van der Waals surface area contributed by atoms with Gasteiger partial charge < -0.3 is 11.1 Å². The minimum atomic E-state index is -0.0325. The number of hydrogen-bond acceptors (Lipinski definition) is 3. The van der Waals surface area contributed by atoms with Crippen molar-refractivity contribution < 1.29 is 4.79 Å². The highest BCUT2D eigenvalue weighted by Gasteiger charge is 2.23. The molecule has 1 aliphatic rings. The van der Waals surface area contributed by atoms with Crippen molar-refractivity contribution in [2.45, 2.75) is 37.0 Å². The summed E-state index contributed by atoms with van der Waals surface area (Å²) in [7, 11) is 0. The molecule has 3 nitrogen and oxygen atoms in total. The minimum Gasteiger partial charge on any atom is -0.389 e. The van der Waals surface area contributed by atoms with Gasteiger partial charge in [0.2, 0.25) is 0 Å². The summed E-state index contributed by atoms with van der Waals surface area (Å²) in [6.45, 7) is 0. The summed E-state index contributed by atoms with van der Waals surface area (Å²) in [5.41, 5.74) is 6.96. The van der Waals surface area contributed by atoms with Gasteiger partial charge in [0, 0.05) is 22.4 Å². The smallest absolute Gasteiger partial charge is 0.251 e. The number of hydrogen-bond donors (Lipinski definition) is 2. The molecule has 1 saturated carbocycles. The maximum atomic E-state index is 12.3. The molecule has 108 valence electrons. The molecule has 5 heteroatoms. The van der Waals surface area contributed by atoms with Crippen LogP contribution < -0.4 is 11.1 Å². The summed E-state index contributed by atoms with van der Waals surface area (Å²) in [6.07, 6.45) is 6.70. The lowest BCUT2D eigenvalue weighted by Crippen LogP contribution is -2.39. The van der Waals surface area contributed by atoms with Crippen molar-refractivity contribution in [3.8, 4) is 0 Å². The van der Waals surface area contributed by atoms with Gasteiger partial charge in [0.1, 0.15) is 4.99 Å². The van der Waals surface area contributed by atoms with Gasteiger partial charge in [0.15, 0.2) is 0 Å². The molecule has 0 radical (unpaired) electrons. The van der Waals surface area contributed by atoms with Gasteiger partial charge >= 0.3 is 0 Å². The molecule has 0 bridgehead atoms. The van der Waals surface area contributed by atoms with Gasteiger partial charge in [0.05, 0.1) is 0 Å². The zero-order valence-corrected chi connectivity index (χ0v) is 13.2. The second-order valence-corrected chi connectivity index (χ2v) is 6.72. The highest BCUT2D eigenvalue weighted by molar-refractivity contribution is 7.99. The molecule has 1 fully saturated rings. The average molecular weight is 308 g/mol. The average Bonchev–Trinajstić information content (AvgIpc) is 2.47. The molecule has 20 heavy (non-hydrogen) atoms. The minimum absolute atomic E-state index is 0.0325. The molecule has 2 unspecified atom stereocenters. The van der Waals surface area contributed by atoms with Crippen LogP contribution in [0.15, 0.2) is 24.3 Å². The maximum Gasteiger partial charge on any atom is 0.251 e. The van der Waals surface area contributed by atoms with Crippen LogP contribution in [-0.4, -0.2) is 28.4 Å². The first kappa shape index (κ1) is 15.3. The van der Waals surface area contributed by atoms with Gasteiger partial charge in [-0.3, -0.25) is 4.79 Å². The Morgan fingerprint density at radius 3 is 2.85 bits per heavy atom. The van der Waals surface area contributed by atoms with Crippen LogP contribution in [0.1, 0.15) is 41.6 Å². The van der Waals surface area contributed by atoms with E-state index >= 15 is 0 Å². The number of thioether (sulfide) groups is 1. The van der Waals surface area contributed by atoms with Crippen molar-refractivity contribution in [1.29, 1.82) is 0 Å². The number of nitrogens with one attached hydrogen (secondary N) is 1. The SMILES string of the molecule is CSC1CCCC(NC(=O)c2cccc(C(N)=S)c2)C1. The maximum absolute atomic E-state index is 12.3. The van der Waals surface area contributed by atoms with E-state index in [2.05, 4.69) is 11.6 Å². The molecule has 2 rings (SSSR count). The van der Waals surface area contributed by atoms with Gasteiger partial charge in [-0.05, 0) is 37.7 Å². The molecule has 1 amide bonds. The predicted octanol–water partition coefficient (Wildman–Crippen LogP) is 2.72. The third-order valence-corrected chi connectivity index (χ3v) is 5.03. The quantitative estimate of drug-likeness (QED) is 0.840. The first-order valence-electron chi connectivity index (χ1n) is 6.83. The molecule has 0 saturated heterocycles. The van der Waals surface area contributed by atoms with E-state index < -0.39 is 0 Å². The zero-order valence-electron chi connectivity index (χ0n) is 11.6. The molecule has 1 aliphatic carbocycles. The number of benzene rings is 1. The number of amides is 1. The molecule has 0 spiro atoms. The normalized spacial score (nSPS) is 22.2. The summed E-state index contributed by atoms with van der Waals surface area (Å²) in [6, 6.07) is 7.47. The number of carbonyl (C=O) groups is 1. The molecule has 1 aromatic rings. The van der Waals surface area contributed by atoms with Gasteiger partial charge in [-0.25, -0.2) is 0 Å². The van der Waals surface area contributed by atoms with Crippen molar-refractivity contribution >= 4 is 34.9 Å². The highest BCUT2D eigenvalue weighted by Crippen LogP contribution is 2.27. The van der Waals surface area contributed by atoms with Crippen LogP contribution >= 0.6 is 24.0 Å². The standard InChI is InChI=1S/C15H20N2OS2/c1-20-13-7-3-6-12(9-13)17-15(18)11-5-2-4-10(8-11)14(16)19/h2,4-5,8,12-13H,3,6-7,9H2,1H3,(H2,16,19)(H,17,18). The monoisotopic (exact) mass is 308 g/mol. The molecule has 1 aromatic carbocycles. The van der Waals surface area contributed by atoms with Crippen LogP contribution in [0.2, 0.25) is 0 Å². The number of nitrogens with two attached hydrogens (primary N) is 1. The Balaban J connectivity index is 2.01. The summed E-state index contributed by atoms with van der Waals surface area (Å²) in [4.78, 5) is 12.6. The third-order valence-electron chi connectivity index (χ3n) is 3.70. The number of thiocarbonyl (C=S) groups is 1. The Labute approximate surface area is 129 Å². The van der Waals surface area contributed by atoms with Gasteiger partial charge in [0.25, 0.3) is 5.91 Å². The predicted molar refractivity (Wildman–Crippen MR) is 89.4 cm³/mol. The Kier molecular flexibility index (Phi) is 5.43. The van der Waals surface area contributed by atoms with Crippen LogP contribution in [0.25, 0.3) is 0 Å². The van der Waals surface area contributed by atoms with E-state index in [-0.39, 0.29) is 11.9 Å². The van der Waals surface area contributed by atoms with Gasteiger partial charge in [-0.15, -0.1) is 0 Å². The van der Waals surface area contributed by atoms with E-state index in [1.54, 1.807) is 12.1 Å². The van der Waals surface area contributed by atoms with Crippen molar-refractivity contribution in [3.63, 3.8) is 0 Å². The zero-order chi connectivity index (χ0) is 14.5. The van der Waals surface area contributed by atoms with E-state index in [0.717, 1.165) is 18.4 Å². The Morgan fingerprint density at radius 1 is 1.40 bits per heavy atom. The van der Waals surface area contributed by atoms with E-state index in [1.807, 2.05) is 23.9 Å². The topological polar surface area (TPSA) is 55.1 Å². The van der Waals surface area contributed by atoms with Crippen LogP contribution in [-0.2, 0) is 0 Å². The van der Waals surface area contributed by atoms with Crippen LogP contribution in [0.5, 0.6) is 0 Å². The first-order valence-corrected chi connectivity index (χ1v) is 8.53. The van der Waals surface area contributed by atoms with Crippen molar-refractivity contribution in [1.82, 2.24) is 5.32 Å². The molecule has 0 heterocycles. The lowest BCUT2D eigenvalue weighted by Gasteiger charge is -2.28. The second-order valence-electron chi connectivity index (χ2n) is 5.14. The highest BCUT2D eigenvalue weighted by atomic mass is 32.2. The van der Waals surface area contributed by atoms with E-state index in [1.165, 1.54) is 12.8 Å². The fourth-order valence-corrected chi connectivity index (χ4v) is 3.53. The summed E-state index contributed by atoms with van der Waals surface area (Å²) < 4.78 is 0. The van der Waals surface area contributed by atoms with Crippen LogP contribution in [0.3, 0.4) is 0 Å². The Bertz CT molecular complexity index is 504.